The molecule has 0 bridgehead atoms. The summed E-state index contributed by atoms with van der Waals surface area (Å²) in [5.74, 6) is 0.0247. The van der Waals surface area contributed by atoms with Crippen molar-refractivity contribution in [2.24, 2.45) is 11.3 Å². The van der Waals surface area contributed by atoms with Crippen LogP contribution in [0, 0.1) is 11.3 Å². The number of hydrogen-bond donors (Lipinski definition) is 1. The fourth-order valence-electron chi connectivity index (χ4n) is 4.99. The molecule has 0 aromatic heterocycles. The van der Waals surface area contributed by atoms with E-state index >= 15 is 0 Å². The number of alkyl carbamates (subject to hydrolysis) is 1. The van der Waals surface area contributed by atoms with E-state index in [0.29, 0.717) is 5.92 Å². The molecule has 5 nitrogen and oxygen atoms in total. The van der Waals surface area contributed by atoms with E-state index in [0.717, 1.165) is 25.7 Å². The van der Waals surface area contributed by atoms with Gasteiger partial charge in [-0.15, -0.1) is 0 Å². The molecule has 0 radical (unpaired) electrons. The fourth-order valence-corrected chi connectivity index (χ4v) is 19.5. The topological polar surface area (TPSA) is 64.6 Å². The molecule has 37 heavy (non-hydrogen) atoms. The Balaban J connectivity index is 2.52. The number of hydrogen-bond acceptors (Lipinski definition) is 4. The Morgan fingerprint density at radius 3 is 1.92 bits per heavy atom. The predicted molar refractivity (Wildman–Crippen MR) is 158 cm³/mol. The number of unbranched alkanes of at least 4 members (excludes halogenated alkanes) is 4. The van der Waals surface area contributed by atoms with E-state index in [1.54, 1.807) is 0 Å². The van der Waals surface area contributed by atoms with Gasteiger partial charge in [-0.2, -0.15) is 0 Å². The van der Waals surface area contributed by atoms with Crippen molar-refractivity contribution in [3.63, 3.8) is 0 Å². The maximum absolute atomic E-state index is 12.7. The molecule has 0 aromatic rings. The minimum absolute atomic E-state index is 0.0276. The molecule has 1 rings (SSSR count). The third-order valence-corrected chi connectivity index (χ3v) is 21.6. The second-order valence-electron chi connectivity index (χ2n) is 13.4. The van der Waals surface area contributed by atoms with E-state index in [4.69, 9.17) is 9.47 Å². The van der Waals surface area contributed by atoms with Gasteiger partial charge in [0.2, 0.25) is 0 Å². The van der Waals surface area contributed by atoms with E-state index in [1.165, 1.54) is 51.8 Å². The molecule has 1 aliphatic rings. The predicted octanol–water partition coefficient (Wildman–Crippen LogP) is 8.97. The molecule has 1 N–H and O–H groups in total. The van der Waals surface area contributed by atoms with Crippen LogP contribution in [0.4, 0.5) is 4.79 Å². The SMILES string of the molecule is CCC[CH2][Sn](/[CH]=C/CCC[C@@H]1C[C@H]1OC(=O)N[C@H](C(=O)OC(C)(C)C)C(C)(C)C)([CH2]CCC)[CH2]CCC. The molecule has 0 aliphatic heterocycles. The third-order valence-electron chi connectivity index (χ3n) is 7.39. The Bertz CT molecular complexity index is 685. The summed E-state index contributed by atoms with van der Waals surface area (Å²) in [4.78, 5) is 25.2. The van der Waals surface area contributed by atoms with Crippen LogP contribution in [-0.2, 0) is 14.3 Å². The molecule has 0 spiro atoms. The number of ether oxygens (including phenoxy) is 2. The van der Waals surface area contributed by atoms with Gasteiger partial charge in [-0.05, 0) is 20.8 Å². The van der Waals surface area contributed by atoms with Crippen molar-refractivity contribution in [2.45, 2.75) is 158 Å². The minimum atomic E-state index is -2.17. The van der Waals surface area contributed by atoms with Crippen molar-refractivity contribution in [3.05, 3.63) is 10.2 Å². The third kappa shape index (κ3) is 14.3. The maximum atomic E-state index is 12.7. The Kier molecular flexibility index (Phi) is 15.2. The number of rotatable bonds is 17. The second-order valence-corrected chi connectivity index (χ2v) is 26.4. The van der Waals surface area contributed by atoms with E-state index in [9.17, 15) is 9.59 Å². The van der Waals surface area contributed by atoms with E-state index in [-0.39, 0.29) is 6.10 Å². The first-order valence-electron chi connectivity index (χ1n) is 15.1. The van der Waals surface area contributed by atoms with Crippen LogP contribution in [0.15, 0.2) is 10.2 Å². The molecule has 0 aromatic carbocycles. The normalized spacial score (nSPS) is 19.1. The monoisotopic (exact) mass is 629 g/mol. The average molecular weight is 629 g/mol. The van der Waals surface area contributed by atoms with Crippen LogP contribution in [0.3, 0.4) is 0 Å². The van der Waals surface area contributed by atoms with E-state index in [2.05, 4.69) is 36.3 Å². The molecular formula is C31H59NO4Sn. The molecule has 1 amide bonds. The molecule has 0 saturated heterocycles. The van der Waals surface area contributed by atoms with Gasteiger partial charge in [0.25, 0.3) is 0 Å². The molecule has 1 saturated carbocycles. The van der Waals surface area contributed by atoms with Gasteiger partial charge in [-0.1, -0.05) is 20.8 Å². The van der Waals surface area contributed by atoms with Gasteiger partial charge >= 0.3 is 177 Å². The number of carbonyl (C=O) groups excluding carboxylic acids is 2. The summed E-state index contributed by atoms with van der Waals surface area (Å²) in [6.45, 7) is 18.2. The van der Waals surface area contributed by atoms with Crippen LogP contribution in [-0.4, -0.2) is 48.2 Å². The zero-order valence-corrected chi connectivity index (χ0v) is 28.6. The summed E-state index contributed by atoms with van der Waals surface area (Å²) in [6.07, 6.45) is 14.5. The van der Waals surface area contributed by atoms with Crippen LogP contribution in [0.5, 0.6) is 0 Å². The Morgan fingerprint density at radius 2 is 1.46 bits per heavy atom. The first-order chi connectivity index (χ1) is 17.3. The van der Waals surface area contributed by atoms with Crippen molar-refractivity contribution in [1.29, 1.82) is 0 Å². The number of nitrogens with one attached hydrogen (secondary N) is 1. The standard InChI is InChI=1S/C19H32NO4.3C4H9.Sn/c1-8-9-10-11-13-12-14(13)23-17(22)20-15(18(2,3)4)16(21)24-19(5,6)7;3*1-3-4-2;/h1,8,13-15H,9-12H2,2-7H3,(H,20,22);3*1,3-4H2,2H3;/t13-,14-,15-;;;;/m1..../s1. The molecule has 3 atom stereocenters. The fraction of sp³-hybridized carbons (Fsp3) is 0.871. The summed E-state index contributed by atoms with van der Waals surface area (Å²) in [6, 6.07) is -0.749. The summed E-state index contributed by atoms with van der Waals surface area (Å²) in [7, 11) is 0. The van der Waals surface area contributed by atoms with Crippen LogP contribution in [0.2, 0.25) is 13.3 Å². The van der Waals surface area contributed by atoms with Gasteiger partial charge in [0.1, 0.15) is 5.60 Å². The van der Waals surface area contributed by atoms with Gasteiger partial charge in [-0.3, -0.25) is 0 Å². The molecule has 0 heterocycles. The van der Waals surface area contributed by atoms with Crippen molar-refractivity contribution in [1.82, 2.24) is 5.32 Å². The Labute approximate surface area is 233 Å². The number of esters is 1. The molecular weight excluding hydrogens is 569 g/mol. The first-order valence-corrected chi connectivity index (χ1v) is 22.8. The summed E-state index contributed by atoms with van der Waals surface area (Å²) in [5.41, 5.74) is -1.07. The van der Waals surface area contributed by atoms with Gasteiger partial charge in [0, 0.05) is 0 Å². The van der Waals surface area contributed by atoms with Crippen molar-refractivity contribution >= 4 is 30.4 Å². The molecule has 6 heteroatoms. The van der Waals surface area contributed by atoms with E-state index in [1.807, 2.05) is 41.5 Å². The Morgan fingerprint density at radius 1 is 0.919 bits per heavy atom. The first kappa shape index (κ1) is 34.3. The van der Waals surface area contributed by atoms with Crippen molar-refractivity contribution < 1.29 is 19.1 Å². The molecule has 1 fully saturated rings. The number of amides is 1. The van der Waals surface area contributed by atoms with Crippen LogP contribution >= 0.6 is 0 Å². The van der Waals surface area contributed by atoms with Gasteiger partial charge < -0.3 is 4.74 Å². The van der Waals surface area contributed by atoms with Crippen molar-refractivity contribution in [3.8, 4) is 0 Å². The molecule has 216 valence electrons. The molecule has 0 unspecified atom stereocenters. The zero-order chi connectivity index (χ0) is 28.1. The summed E-state index contributed by atoms with van der Waals surface area (Å²) < 4.78 is 18.5. The van der Waals surface area contributed by atoms with Gasteiger partial charge in [-0.25, -0.2) is 4.79 Å². The van der Waals surface area contributed by atoms with Gasteiger partial charge in [0.05, 0.1) is 0 Å². The average Bonchev–Trinajstić information content (AvgIpc) is 3.53. The van der Waals surface area contributed by atoms with Crippen molar-refractivity contribution in [2.75, 3.05) is 0 Å². The number of allylic oxidation sites excluding steroid dienone is 1. The summed E-state index contributed by atoms with van der Waals surface area (Å²) in [5, 5.41) is 2.77. The van der Waals surface area contributed by atoms with Gasteiger partial charge in [0.15, 0.2) is 0 Å². The zero-order valence-electron chi connectivity index (χ0n) is 25.7. The van der Waals surface area contributed by atoms with Crippen LogP contribution in [0.25, 0.3) is 0 Å². The van der Waals surface area contributed by atoms with Crippen LogP contribution < -0.4 is 5.32 Å². The summed E-state index contributed by atoms with van der Waals surface area (Å²) >= 11 is -2.17. The Hall–Kier alpha value is -0.721. The second kappa shape index (κ2) is 16.4. The molecule has 1 aliphatic carbocycles. The van der Waals surface area contributed by atoms with E-state index < -0.39 is 47.5 Å². The van der Waals surface area contributed by atoms with Crippen LogP contribution in [0.1, 0.15) is 127 Å². The quantitative estimate of drug-likeness (QED) is 0.0993. The number of carbonyl (C=O) groups is 2.